The van der Waals surface area contributed by atoms with E-state index in [1.807, 2.05) is 12.1 Å². The number of rotatable bonds is 6. The number of carbonyl (C=O) groups excluding carboxylic acids is 1. The molecule has 0 bridgehead atoms. The third-order valence-electron chi connectivity index (χ3n) is 2.78. The molecule has 0 fully saturated rings. The monoisotopic (exact) mass is 245 g/mol. The summed E-state index contributed by atoms with van der Waals surface area (Å²) in [6, 6.07) is 5.90. The lowest BCUT2D eigenvalue weighted by Crippen LogP contribution is -2.03. The molecule has 0 amide bonds. The topological polar surface area (TPSA) is 26.3 Å². The fourth-order valence-corrected chi connectivity index (χ4v) is 1.79. The van der Waals surface area contributed by atoms with Crippen LogP contribution in [0.4, 0.5) is 0 Å². The molecule has 0 heterocycles. The van der Waals surface area contributed by atoms with Crippen LogP contribution in [0.3, 0.4) is 0 Å². The first-order chi connectivity index (χ1) is 8.56. The molecule has 0 saturated heterocycles. The molecule has 0 aliphatic rings. The van der Waals surface area contributed by atoms with Gasteiger partial charge >= 0.3 is 5.97 Å². The number of aryl methyl sites for hydroxylation is 1. The molecule has 2 heteroatoms. The zero-order chi connectivity index (χ0) is 13.5. The second-order valence-corrected chi connectivity index (χ2v) is 4.45. The van der Waals surface area contributed by atoms with Gasteiger partial charge in [0.15, 0.2) is 0 Å². The maximum Gasteiger partial charge on any atom is 0.308 e. The molecular formula is C16H21O2. The van der Waals surface area contributed by atoms with Gasteiger partial charge in [0, 0.05) is 12.8 Å². The van der Waals surface area contributed by atoms with E-state index >= 15 is 0 Å². The van der Waals surface area contributed by atoms with Gasteiger partial charge < -0.3 is 4.74 Å². The highest BCUT2D eigenvalue weighted by Gasteiger charge is 2.08. The Morgan fingerprint density at radius 2 is 2.17 bits per heavy atom. The Kier molecular flexibility index (Phi) is 5.63. The van der Waals surface area contributed by atoms with Gasteiger partial charge in [-0.25, -0.2) is 0 Å². The van der Waals surface area contributed by atoms with Gasteiger partial charge in [-0.3, -0.25) is 4.79 Å². The van der Waals surface area contributed by atoms with Crippen molar-refractivity contribution in [3.8, 4) is 5.75 Å². The van der Waals surface area contributed by atoms with E-state index in [1.165, 1.54) is 12.5 Å². The molecule has 0 aliphatic carbocycles. The summed E-state index contributed by atoms with van der Waals surface area (Å²) >= 11 is 0. The largest absolute Gasteiger partial charge is 0.427 e. The Hall–Kier alpha value is -1.57. The standard InChI is InChI=1S/C16H21O2/c1-5-7-8-14-9-15(12(3)6-2)11-16(10-14)18-13(4)17/h6,9-12H,2-3,5,7-8H2,1,4H3. The highest BCUT2D eigenvalue weighted by atomic mass is 16.5. The van der Waals surface area contributed by atoms with Gasteiger partial charge in [-0.2, -0.15) is 0 Å². The van der Waals surface area contributed by atoms with Crippen LogP contribution in [-0.2, 0) is 11.2 Å². The quantitative estimate of drug-likeness (QED) is 0.429. The maximum absolute atomic E-state index is 11.0. The lowest BCUT2D eigenvalue weighted by molar-refractivity contribution is -0.131. The molecule has 18 heavy (non-hydrogen) atoms. The third-order valence-corrected chi connectivity index (χ3v) is 2.78. The summed E-state index contributed by atoms with van der Waals surface area (Å²) in [5.41, 5.74) is 2.22. The molecular weight excluding hydrogens is 224 g/mol. The van der Waals surface area contributed by atoms with Crippen LogP contribution >= 0.6 is 0 Å². The molecule has 1 radical (unpaired) electrons. The van der Waals surface area contributed by atoms with Gasteiger partial charge in [0.25, 0.3) is 0 Å². The summed E-state index contributed by atoms with van der Waals surface area (Å²) < 4.78 is 5.17. The number of carbonyl (C=O) groups is 1. The Morgan fingerprint density at radius 3 is 2.72 bits per heavy atom. The SMILES string of the molecule is [CH2]C(C=C)c1cc(CCCC)cc(OC(C)=O)c1. The fraction of sp³-hybridized carbons (Fsp3) is 0.375. The first kappa shape index (κ1) is 14.5. The van der Waals surface area contributed by atoms with Gasteiger partial charge in [0.1, 0.15) is 5.75 Å². The maximum atomic E-state index is 11.0. The van der Waals surface area contributed by atoms with Gasteiger partial charge in [0.2, 0.25) is 0 Å². The van der Waals surface area contributed by atoms with E-state index < -0.39 is 0 Å². The summed E-state index contributed by atoms with van der Waals surface area (Å²) in [6.45, 7) is 11.3. The molecule has 0 aromatic heterocycles. The molecule has 0 saturated carbocycles. The van der Waals surface area contributed by atoms with Crippen LogP contribution in [0.15, 0.2) is 30.9 Å². The van der Waals surface area contributed by atoms with E-state index in [0.717, 1.165) is 24.8 Å². The predicted molar refractivity (Wildman–Crippen MR) is 74.7 cm³/mol. The van der Waals surface area contributed by atoms with Crippen LogP contribution in [0.5, 0.6) is 5.75 Å². The minimum absolute atomic E-state index is 0.0147. The first-order valence-corrected chi connectivity index (χ1v) is 6.34. The normalized spacial score (nSPS) is 11.9. The summed E-state index contributed by atoms with van der Waals surface area (Å²) in [5, 5.41) is 0. The van der Waals surface area contributed by atoms with Gasteiger partial charge in [-0.05, 0) is 43.0 Å². The summed E-state index contributed by atoms with van der Waals surface area (Å²) in [6.07, 6.45) is 5.04. The number of hydrogen-bond acceptors (Lipinski definition) is 2. The molecule has 2 nitrogen and oxygen atoms in total. The average molecular weight is 245 g/mol. The second kappa shape index (κ2) is 7.00. The van der Waals surface area contributed by atoms with Crippen LogP contribution in [0.1, 0.15) is 43.7 Å². The number of hydrogen-bond donors (Lipinski definition) is 0. The molecule has 1 rings (SSSR count). The zero-order valence-electron chi connectivity index (χ0n) is 11.2. The summed E-state index contributed by atoms with van der Waals surface area (Å²) in [4.78, 5) is 11.0. The summed E-state index contributed by atoms with van der Waals surface area (Å²) in [5.74, 6) is 0.315. The molecule has 1 aromatic carbocycles. The number of benzene rings is 1. The smallest absolute Gasteiger partial charge is 0.308 e. The molecule has 0 spiro atoms. The molecule has 1 atom stereocenters. The molecule has 1 unspecified atom stereocenters. The zero-order valence-corrected chi connectivity index (χ0v) is 11.2. The Balaban J connectivity index is 3.02. The number of ether oxygens (including phenoxy) is 1. The van der Waals surface area contributed by atoms with E-state index in [9.17, 15) is 4.79 Å². The molecule has 0 N–H and O–H groups in total. The lowest BCUT2D eigenvalue weighted by Gasteiger charge is -2.12. The van der Waals surface area contributed by atoms with Gasteiger partial charge in [0.05, 0.1) is 0 Å². The number of allylic oxidation sites excluding steroid dienone is 1. The molecule has 0 aliphatic heterocycles. The van der Waals surface area contributed by atoms with Crippen LogP contribution in [0.25, 0.3) is 0 Å². The average Bonchev–Trinajstić information content (AvgIpc) is 2.34. The number of esters is 1. The van der Waals surface area contributed by atoms with Crippen LogP contribution in [-0.4, -0.2) is 5.97 Å². The third kappa shape index (κ3) is 4.36. The van der Waals surface area contributed by atoms with E-state index in [-0.39, 0.29) is 11.9 Å². The van der Waals surface area contributed by atoms with Crippen LogP contribution in [0.2, 0.25) is 0 Å². The van der Waals surface area contributed by atoms with Crippen molar-refractivity contribution in [2.45, 2.75) is 39.0 Å². The van der Waals surface area contributed by atoms with Crippen LogP contribution < -0.4 is 4.74 Å². The minimum Gasteiger partial charge on any atom is -0.427 e. The highest BCUT2D eigenvalue weighted by molar-refractivity contribution is 5.69. The Bertz CT molecular complexity index is 421. The fourth-order valence-electron chi connectivity index (χ4n) is 1.79. The van der Waals surface area contributed by atoms with E-state index in [2.05, 4.69) is 26.5 Å². The van der Waals surface area contributed by atoms with Crippen LogP contribution in [0, 0.1) is 6.92 Å². The van der Waals surface area contributed by atoms with Crippen molar-refractivity contribution in [3.05, 3.63) is 48.9 Å². The Labute approximate surface area is 110 Å². The van der Waals surface area contributed by atoms with E-state index in [4.69, 9.17) is 4.74 Å². The predicted octanol–water partition coefficient (Wildman–Crippen LogP) is 4.06. The Morgan fingerprint density at radius 1 is 1.44 bits per heavy atom. The first-order valence-electron chi connectivity index (χ1n) is 6.34. The van der Waals surface area contributed by atoms with E-state index in [1.54, 1.807) is 6.08 Å². The van der Waals surface area contributed by atoms with Crippen molar-refractivity contribution in [2.24, 2.45) is 0 Å². The lowest BCUT2D eigenvalue weighted by atomic mass is 9.97. The van der Waals surface area contributed by atoms with Gasteiger partial charge in [-0.15, -0.1) is 6.58 Å². The van der Waals surface area contributed by atoms with Crippen molar-refractivity contribution < 1.29 is 9.53 Å². The van der Waals surface area contributed by atoms with Crippen molar-refractivity contribution in [1.29, 1.82) is 0 Å². The molecule has 97 valence electrons. The van der Waals surface area contributed by atoms with Gasteiger partial charge in [-0.1, -0.05) is 25.5 Å². The minimum atomic E-state index is -0.298. The highest BCUT2D eigenvalue weighted by Crippen LogP contribution is 2.25. The van der Waals surface area contributed by atoms with Crippen molar-refractivity contribution in [1.82, 2.24) is 0 Å². The van der Waals surface area contributed by atoms with E-state index in [0.29, 0.717) is 5.75 Å². The second-order valence-electron chi connectivity index (χ2n) is 4.45. The van der Waals surface area contributed by atoms with Crippen molar-refractivity contribution >= 4 is 5.97 Å². The van der Waals surface area contributed by atoms with Crippen molar-refractivity contribution in [3.63, 3.8) is 0 Å². The number of unbranched alkanes of at least 4 members (excludes halogenated alkanes) is 1. The molecule has 1 aromatic rings. The summed E-state index contributed by atoms with van der Waals surface area (Å²) in [7, 11) is 0. The van der Waals surface area contributed by atoms with Crippen molar-refractivity contribution in [2.75, 3.05) is 0 Å².